The molecule has 0 amide bonds. The Morgan fingerprint density at radius 3 is 2.81 bits per heavy atom. The van der Waals surface area contributed by atoms with Gasteiger partial charge in [0.25, 0.3) is 0 Å². The second kappa shape index (κ2) is 4.14. The summed E-state index contributed by atoms with van der Waals surface area (Å²) in [5.74, 6) is 0.652. The van der Waals surface area contributed by atoms with Gasteiger partial charge in [-0.2, -0.15) is 5.10 Å². The summed E-state index contributed by atoms with van der Waals surface area (Å²) in [6.45, 7) is 1.52. The van der Waals surface area contributed by atoms with Crippen molar-refractivity contribution in [2.24, 2.45) is 0 Å². The van der Waals surface area contributed by atoms with Crippen molar-refractivity contribution in [3.05, 3.63) is 36.4 Å². The first-order chi connectivity index (χ1) is 7.72. The van der Waals surface area contributed by atoms with E-state index in [2.05, 4.69) is 10.1 Å². The fraction of sp³-hybridized carbons (Fsp3) is 0.182. The molecule has 0 aliphatic carbocycles. The second-order valence-electron chi connectivity index (χ2n) is 3.28. The van der Waals surface area contributed by atoms with E-state index in [1.54, 1.807) is 36.3 Å². The number of carbonyl (C=O) groups is 1. The monoisotopic (exact) mass is 217 g/mol. The van der Waals surface area contributed by atoms with E-state index in [0.717, 1.165) is 0 Å². The van der Waals surface area contributed by atoms with Crippen LogP contribution >= 0.6 is 0 Å². The molecule has 1 aromatic carbocycles. The first-order valence-corrected chi connectivity index (χ1v) is 4.76. The van der Waals surface area contributed by atoms with Crippen molar-refractivity contribution in [2.75, 3.05) is 7.11 Å². The van der Waals surface area contributed by atoms with Crippen molar-refractivity contribution < 1.29 is 9.53 Å². The van der Waals surface area contributed by atoms with Gasteiger partial charge < -0.3 is 4.74 Å². The number of ketones is 1. The molecule has 5 nitrogen and oxygen atoms in total. The van der Waals surface area contributed by atoms with E-state index in [1.165, 1.54) is 13.3 Å². The Hall–Kier alpha value is -2.17. The second-order valence-corrected chi connectivity index (χ2v) is 3.28. The molecule has 82 valence electrons. The summed E-state index contributed by atoms with van der Waals surface area (Å²) < 4.78 is 6.76. The summed E-state index contributed by atoms with van der Waals surface area (Å²) in [6.07, 6.45) is 2.99. The minimum absolute atomic E-state index is 0.00372. The fourth-order valence-electron chi connectivity index (χ4n) is 1.42. The molecule has 1 aromatic heterocycles. The lowest BCUT2D eigenvalue weighted by molar-refractivity contribution is 0.101. The molecule has 0 saturated carbocycles. The zero-order chi connectivity index (χ0) is 11.5. The van der Waals surface area contributed by atoms with Gasteiger partial charge in [0.1, 0.15) is 24.1 Å². The first-order valence-electron chi connectivity index (χ1n) is 4.76. The van der Waals surface area contributed by atoms with Gasteiger partial charge in [-0.25, -0.2) is 9.67 Å². The van der Waals surface area contributed by atoms with Gasteiger partial charge in [-0.15, -0.1) is 0 Å². The van der Waals surface area contributed by atoms with E-state index in [1.807, 2.05) is 0 Å². The number of rotatable bonds is 3. The van der Waals surface area contributed by atoms with Crippen LogP contribution in [-0.2, 0) is 0 Å². The Morgan fingerprint density at radius 1 is 1.44 bits per heavy atom. The quantitative estimate of drug-likeness (QED) is 0.731. The lowest BCUT2D eigenvalue weighted by Crippen LogP contribution is -2.01. The lowest BCUT2D eigenvalue weighted by atomic mass is 10.1. The van der Waals surface area contributed by atoms with Crippen LogP contribution in [0.3, 0.4) is 0 Å². The van der Waals surface area contributed by atoms with Gasteiger partial charge in [0.05, 0.1) is 7.11 Å². The number of hydrogen-bond acceptors (Lipinski definition) is 4. The van der Waals surface area contributed by atoms with E-state index in [4.69, 9.17) is 4.74 Å². The zero-order valence-electron chi connectivity index (χ0n) is 9.04. The van der Waals surface area contributed by atoms with Gasteiger partial charge in [0.15, 0.2) is 5.78 Å². The molecule has 0 aliphatic rings. The van der Waals surface area contributed by atoms with Crippen molar-refractivity contribution in [3.63, 3.8) is 0 Å². The van der Waals surface area contributed by atoms with Crippen molar-refractivity contribution in [2.45, 2.75) is 6.92 Å². The molecule has 0 saturated heterocycles. The Morgan fingerprint density at radius 2 is 2.25 bits per heavy atom. The number of Topliss-reactive ketones (excluding diaryl/α,β-unsaturated/α-hetero) is 1. The van der Waals surface area contributed by atoms with E-state index < -0.39 is 0 Å². The van der Waals surface area contributed by atoms with Crippen LogP contribution in [0.5, 0.6) is 5.75 Å². The van der Waals surface area contributed by atoms with Crippen LogP contribution in [0.15, 0.2) is 30.9 Å². The van der Waals surface area contributed by atoms with Crippen LogP contribution in [0.2, 0.25) is 0 Å². The summed E-state index contributed by atoms with van der Waals surface area (Å²) in [7, 11) is 1.57. The fourth-order valence-corrected chi connectivity index (χ4v) is 1.42. The molecule has 0 spiro atoms. The molecule has 0 unspecified atom stereocenters. The van der Waals surface area contributed by atoms with E-state index in [0.29, 0.717) is 17.0 Å². The van der Waals surface area contributed by atoms with Gasteiger partial charge in [-0.1, -0.05) is 0 Å². The Bertz CT molecular complexity index is 506. The normalized spacial score (nSPS) is 10.1. The molecule has 0 N–H and O–H groups in total. The molecular weight excluding hydrogens is 206 g/mol. The lowest BCUT2D eigenvalue weighted by Gasteiger charge is -2.08. The summed E-state index contributed by atoms with van der Waals surface area (Å²) in [5.41, 5.74) is 1.32. The SMILES string of the molecule is COc1ccc(C(C)=O)cc1-n1cncn1. The standard InChI is InChI=1S/C11H11N3O2/c1-8(15)9-3-4-11(16-2)10(5-9)14-7-12-6-13-14/h3-7H,1-2H3. The molecule has 0 aliphatic heterocycles. The van der Waals surface area contributed by atoms with Gasteiger partial charge in [-0.3, -0.25) is 4.79 Å². The Labute approximate surface area is 92.7 Å². The van der Waals surface area contributed by atoms with Gasteiger partial charge >= 0.3 is 0 Å². The highest BCUT2D eigenvalue weighted by atomic mass is 16.5. The number of aromatic nitrogens is 3. The molecule has 0 atom stereocenters. The third kappa shape index (κ3) is 1.79. The van der Waals surface area contributed by atoms with Crippen molar-refractivity contribution in [3.8, 4) is 11.4 Å². The van der Waals surface area contributed by atoms with Crippen LogP contribution in [0.25, 0.3) is 5.69 Å². The van der Waals surface area contributed by atoms with Crippen LogP contribution in [0.4, 0.5) is 0 Å². The highest BCUT2D eigenvalue weighted by Crippen LogP contribution is 2.23. The van der Waals surface area contributed by atoms with Crippen molar-refractivity contribution in [1.82, 2.24) is 14.8 Å². The third-order valence-electron chi connectivity index (χ3n) is 2.25. The number of carbonyl (C=O) groups excluding carboxylic acids is 1. The zero-order valence-corrected chi connectivity index (χ0v) is 9.04. The van der Waals surface area contributed by atoms with Gasteiger partial charge in [-0.05, 0) is 25.1 Å². The molecule has 5 heteroatoms. The van der Waals surface area contributed by atoms with E-state index in [-0.39, 0.29) is 5.78 Å². The predicted molar refractivity (Wildman–Crippen MR) is 57.9 cm³/mol. The molecule has 1 heterocycles. The molecule has 0 fully saturated rings. The number of benzene rings is 1. The molecule has 2 rings (SSSR count). The number of methoxy groups -OCH3 is 1. The summed E-state index contributed by atoms with van der Waals surface area (Å²) in [4.78, 5) is 15.1. The molecule has 0 bridgehead atoms. The van der Waals surface area contributed by atoms with Crippen molar-refractivity contribution in [1.29, 1.82) is 0 Å². The maximum absolute atomic E-state index is 11.3. The molecule has 16 heavy (non-hydrogen) atoms. The number of nitrogens with zero attached hydrogens (tertiary/aromatic N) is 3. The largest absolute Gasteiger partial charge is 0.494 e. The highest BCUT2D eigenvalue weighted by Gasteiger charge is 2.09. The summed E-state index contributed by atoms with van der Waals surface area (Å²) in [5, 5.41) is 4.01. The van der Waals surface area contributed by atoms with Gasteiger partial charge in [0.2, 0.25) is 0 Å². The number of hydrogen-bond donors (Lipinski definition) is 0. The smallest absolute Gasteiger partial charge is 0.159 e. The first kappa shape index (κ1) is 10.4. The van der Waals surface area contributed by atoms with Crippen LogP contribution in [0, 0.1) is 0 Å². The average molecular weight is 217 g/mol. The molecular formula is C11H11N3O2. The van der Waals surface area contributed by atoms with Crippen LogP contribution in [-0.4, -0.2) is 27.7 Å². The van der Waals surface area contributed by atoms with Crippen molar-refractivity contribution >= 4 is 5.78 Å². The Kier molecular flexibility index (Phi) is 2.68. The summed E-state index contributed by atoms with van der Waals surface area (Å²) in [6, 6.07) is 5.20. The van der Waals surface area contributed by atoms with E-state index >= 15 is 0 Å². The van der Waals surface area contributed by atoms with Crippen LogP contribution < -0.4 is 4.74 Å². The topological polar surface area (TPSA) is 57.0 Å². The van der Waals surface area contributed by atoms with Gasteiger partial charge in [0, 0.05) is 5.56 Å². The molecule has 0 radical (unpaired) electrons. The minimum Gasteiger partial charge on any atom is -0.494 e. The maximum Gasteiger partial charge on any atom is 0.159 e. The predicted octanol–water partition coefficient (Wildman–Crippen LogP) is 1.48. The number of ether oxygens (including phenoxy) is 1. The third-order valence-corrected chi connectivity index (χ3v) is 2.25. The van der Waals surface area contributed by atoms with E-state index in [9.17, 15) is 4.79 Å². The Balaban J connectivity index is 2.56. The summed E-state index contributed by atoms with van der Waals surface area (Å²) >= 11 is 0. The maximum atomic E-state index is 11.3. The minimum atomic E-state index is 0.00372. The van der Waals surface area contributed by atoms with Crippen LogP contribution in [0.1, 0.15) is 17.3 Å². The highest BCUT2D eigenvalue weighted by molar-refractivity contribution is 5.94. The molecule has 2 aromatic rings. The average Bonchev–Trinajstić information content (AvgIpc) is 2.81.